The molecule has 5 heteroatoms. The van der Waals surface area contributed by atoms with Gasteiger partial charge in [-0.15, -0.1) is 0 Å². The van der Waals surface area contributed by atoms with Crippen LogP contribution in [0.1, 0.15) is 24.1 Å². The van der Waals surface area contributed by atoms with E-state index in [0.717, 1.165) is 5.56 Å². The minimum Gasteiger partial charge on any atom is -0.389 e. The molecular weight excluding hydrogens is 261 g/mol. The molecular formula is C14H14FN3S. The zero-order chi connectivity index (χ0) is 13.8. The summed E-state index contributed by atoms with van der Waals surface area (Å²) in [6.07, 6.45) is 3.45. The van der Waals surface area contributed by atoms with E-state index in [1.165, 1.54) is 6.07 Å². The first-order valence-corrected chi connectivity index (χ1v) is 6.24. The Bertz CT molecular complexity index is 586. The fourth-order valence-electron chi connectivity index (χ4n) is 1.79. The average Bonchev–Trinajstić information content (AvgIpc) is 2.39. The number of hydrogen-bond donors (Lipinski definition) is 2. The van der Waals surface area contributed by atoms with E-state index in [2.05, 4.69) is 10.3 Å². The van der Waals surface area contributed by atoms with E-state index in [4.69, 9.17) is 18.0 Å². The van der Waals surface area contributed by atoms with Crippen molar-refractivity contribution < 1.29 is 4.39 Å². The molecule has 1 heterocycles. The minimum atomic E-state index is -0.417. The predicted molar refractivity (Wildman–Crippen MR) is 78.6 cm³/mol. The number of nitrogens with one attached hydrogen (secondary N) is 1. The fourth-order valence-corrected chi connectivity index (χ4v) is 1.96. The summed E-state index contributed by atoms with van der Waals surface area (Å²) in [5, 5.41) is 3.21. The van der Waals surface area contributed by atoms with Gasteiger partial charge in [0.05, 0.1) is 0 Å². The monoisotopic (exact) mass is 275 g/mol. The van der Waals surface area contributed by atoms with Crippen LogP contribution < -0.4 is 11.1 Å². The van der Waals surface area contributed by atoms with Gasteiger partial charge in [-0.25, -0.2) is 4.39 Å². The maximum atomic E-state index is 13.7. The van der Waals surface area contributed by atoms with Crippen LogP contribution >= 0.6 is 12.2 Å². The molecule has 0 aliphatic rings. The number of pyridine rings is 1. The van der Waals surface area contributed by atoms with Gasteiger partial charge in [0.25, 0.3) is 0 Å². The molecule has 19 heavy (non-hydrogen) atoms. The van der Waals surface area contributed by atoms with Crippen LogP contribution in [-0.4, -0.2) is 9.97 Å². The van der Waals surface area contributed by atoms with Gasteiger partial charge in [0.2, 0.25) is 0 Å². The number of nitrogens with two attached hydrogens (primary N) is 1. The van der Waals surface area contributed by atoms with Crippen molar-refractivity contribution in [3.05, 3.63) is 59.7 Å². The number of rotatable bonds is 4. The smallest absolute Gasteiger partial charge is 0.135 e. The third-order valence-electron chi connectivity index (χ3n) is 2.82. The number of benzene rings is 1. The molecule has 0 spiro atoms. The molecule has 2 rings (SSSR count). The number of halogens is 1. The Morgan fingerprint density at radius 3 is 2.58 bits per heavy atom. The lowest BCUT2D eigenvalue weighted by Crippen LogP contribution is -2.12. The van der Waals surface area contributed by atoms with Crippen molar-refractivity contribution in [2.24, 2.45) is 5.73 Å². The maximum Gasteiger partial charge on any atom is 0.135 e. The van der Waals surface area contributed by atoms with Crippen LogP contribution in [0.25, 0.3) is 0 Å². The highest BCUT2D eigenvalue weighted by atomic mass is 32.1. The lowest BCUT2D eigenvalue weighted by Gasteiger charge is -2.16. The van der Waals surface area contributed by atoms with Crippen molar-refractivity contribution in [2.45, 2.75) is 13.0 Å². The van der Waals surface area contributed by atoms with Crippen molar-refractivity contribution in [1.29, 1.82) is 0 Å². The minimum absolute atomic E-state index is 0.0538. The van der Waals surface area contributed by atoms with Crippen molar-refractivity contribution >= 4 is 22.9 Å². The van der Waals surface area contributed by atoms with Crippen LogP contribution in [0.2, 0.25) is 0 Å². The molecule has 1 atom stereocenters. The van der Waals surface area contributed by atoms with Crippen LogP contribution in [0, 0.1) is 5.82 Å². The van der Waals surface area contributed by atoms with Gasteiger partial charge in [0.15, 0.2) is 0 Å². The topological polar surface area (TPSA) is 50.9 Å². The van der Waals surface area contributed by atoms with E-state index in [0.29, 0.717) is 5.69 Å². The quantitative estimate of drug-likeness (QED) is 0.842. The molecule has 0 saturated carbocycles. The van der Waals surface area contributed by atoms with E-state index in [-0.39, 0.29) is 16.6 Å². The Kier molecular flexibility index (Phi) is 4.06. The van der Waals surface area contributed by atoms with Crippen LogP contribution in [-0.2, 0) is 0 Å². The third-order valence-corrected chi connectivity index (χ3v) is 3.04. The fraction of sp³-hybridized carbons (Fsp3) is 0.143. The summed E-state index contributed by atoms with van der Waals surface area (Å²) in [6, 6.07) is 8.62. The van der Waals surface area contributed by atoms with Gasteiger partial charge in [0.1, 0.15) is 10.8 Å². The van der Waals surface area contributed by atoms with Crippen molar-refractivity contribution in [3.8, 4) is 0 Å². The summed E-state index contributed by atoms with van der Waals surface area (Å²) >= 11 is 4.77. The van der Waals surface area contributed by atoms with E-state index < -0.39 is 5.82 Å². The van der Waals surface area contributed by atoms with Gasteiger partial charge < -0.3 is 11.1 Å². The summed E-state index contributed by atoms with van der Waals surface area (Å²) in [7, 11) is 0. The second-order valence-corrected chi connectivity index (χ2v) is 4.65. The molecule has 98 valence electrons. The molecule has 0 fully saturated rings. The van der Waals surface area contributed by atoms with E-state index in [9.17, 15) is 4.39 Å². The Morgan fingerprint density at radius 2 is 2.00 bits per heavy atom. The summed E-state index contributed by atoms with van der Waals surface area (Å²) in [5.74, 6) is -0.417. The Balaban J connectivity index is 2.16. The maximum absolute atomic E-state index is 13.7. The SMILES string of the molecule is CC(Nc1ccc(C(N)=S)c(F)c1)c1ccncc1. The number of aromatic nitrogens is 1. The van der Waals surface area contributed by atoms with Gasteiger partial charge in [-0.2, -0.15) is 0 Å². The van der Waals surface area contributed by atoms with Crippen molar-refractivity contribution in [3.63, 3.8) is 0 Å². The predicted octanol–water partition coefficient (Wildman–Crippen LogP) is 3.03. The van der Waals surface area contributed by atoms with Gasteiger partial charge in [-0.1, -0.05) is 12.2 Å². The Labute approximate surface area is 116 Å². The Morgan fingerprint density at radius 1 is 1.32 bits per heavy atom. The lowest BCUT2D eigenvalue weighted by atomic mass is 10.1. The molecule has 1 unspecified atom stereocenters. The molecule has 0 saturated heterocycles. The first-order chi connectivity index (χ1) is 9.08. The zero-order valence-electron chi connectivity index (χ0n) is 10.4. The van der Waals surface area contributed by atoms with E-state index >= 15 is 0 Å². The average molecular weight is 275 g/mol. The molecule has 0 aliphatic carbocycles. The summed E-state index contributed by atoms with van der Waals surface area (Å²) < 4.78 is 13.7. The van der Waals surface area contributed by atoms with Crippen molar-refractivity contribution in [2.75, 3.05) is 5.32 Å². The standard InChI is InChI=1S/C14H14FN3S/c1-9(10-4-6-17-7-5-10)18-11-2-3-12(14(16)19)13(15)8-11/h2-9,18H,1H3,(H2,16,19). The van der Waals surface area contributed by atoms with Gasteiger partial charge >= 0.3 is 0 Å². The zero-order valence-corrected chi connectivity index (χ0v) is 11.2. The van der Waals surface area contributed by atoms with Crippen LogP contribution in [0.15, 0.2) is 42.7 Å². The van der Waals surface area contributed by atoms with Crippen LogP contribution in [0.4, 0.5) is 10.1 Å². The van der Waals surface area contributed by atoms with Gasteiger partial charge in [0, 0.05) is 29.7 Å². The molecule has 0 bridgehead atoms. The molecule has 0 amide bonds. The van der Waals surface area contributed by atoms with E-state index in [1.54, 1.807) is 24.5 Å². The highest BCUT2D eigenvalue weighted by Gasteiger charge is 2.08. The number of nitrogens with zero attached hydrogens (tertiary/aromatic N) is 1. The number of thiocarbonyl (C=S) groups is 1. The highest BCUT2D eigenvalue weighted by molar-refractivity contribution is 7.80. The molecule has 1 aromatic heterocycles. The first-order valence-electron chi connectivity index (χ1n) is 5.83. The molecule has 1 aromatic carbocycles. The third kappa shape index (κ3) is 3.26. The van der Waals surface area contributed by atoms with E-state index in [1.807, 2.05) is 19.1 Å². The normalized spacial score (nSPS) is 11.9. The largest absolute Gasteiger partial charge is 0.389 e. The second kappa shape index (κ2) is 5.75. The van der Waals surface area contributed by atoms with Gasteiger partial charge in [-0.3, -0.25) is 4.98 Å². The molecule has 0 aliphatic heterocycles. The second-order valence-electron chi connectivity index (χ2n) is 4.21. The molecule has 3 nitrogen and oxygen atoms in total. The molecule has 3 N–H and O–H groups in total. The summed E-state index contributed by atoms with van der Waals surface area (Å²) in [5.41, 5.74) is 7.44. The molecule has 2 aromatic rings. The van der Waals surface area contributed by atoms with Crippen molar-refractivity contribution in [1.82, 2.24) is 4.98 Å². The molecule has 0 radical (unpaired) electrons. The highest BCUT2D eigenvalue weighted by Crippen LogP contribution is 2.20. The number of anilines is 1. The first kappa shape index (κ1) is 13.4. The van der Waals surface area contributed by atoms with Crippen LogP contribution in [0.3, 0.4) is 0 Å². The Hall–Kier alpha value is -2.01. The van der Waals surface area contributed by atoms with Crippen LogP contribution in [0.5, 0.6) is 0 Å². The van der Waals surface area contributed by atoms with Gasteiger partial charge in [-0.05, 0) is 42.8 Å². The lowest BCUT2D eigenvalue weighted by molar-refractivity contribution is 0.625. The summed E-state index contributed by atoms with van der Waals surface area (Å²) in [4.78, 5) is 4.03. The summed E-state index contributed by atoms with van der Waals surface area (Å²) in [6.45, 7) is 1.99. The number of hydrogen-bond acceptors (Lipinski definition) is 3.